The van der Waals surface area contributed by atoms with E-state index in [9.17, 15) is 4.79 Å². The number of pyridine rings is 1. The maximum Gasteiger partial charge on any atom is 0.251 e. The molecule has 0 saturated heterocycles. The SMILES string of the molecule is CCOc1ccc(-c2noc(CNC(=O)c3cccc(-n4cnnn4)c3)n2)cn1. The van der Waals surface area contributed by atoms with Crippen molar-refractivity contribution >= 4 is 5.91 Å². The number of hydrogen-bond acceptors (Lipinski definition) is 9. The van der Waals surface area contributed by atoms with E-state index in [0.29, 0.717) is 35.1 Å². The minimum absolute atomic E-state index is 0.0887. The zero-order valence-corrected chi connectivity index (χ0v) is 15.4. The van der Waals surface area contributed by atoms with Crippen molar-refractivity contribution in [2.45, 2.75) is 13.5 Å². The van der Waals surface area contributed by atoms with Crippen molar-refractivity contribution in [3.05, 3.63) is 60.4 Å². The van der Waals surface area contributed by atoms with Gasteiger partial charge in [-0.1, -0.05) is 11.2 Å². The molecule has 0 saturated carbocycles. The molecule has 1 amide bonds. The fraction of sp³-hybridized carbons (Fsp3) is 0.167. The summed E-state index contributed by atoms with van der Waals surface area (Å²) in [5.74, 6) is 0.892. The summed E-state index contributed by atoms with van der Waals surface area (Å²) in [7, 11) is 0. The zero-order chi connectivity index (χ0) is 20.1. The van der Waals surface area contributed by atoms with Crippen molar-refractivity contribution < 1.29 is 14.1 Å². The molecule has 0 aliphatic heterocycles. The summed E-state index contributed by atoms with van der Waals surface area (Å²) in [5.41, 5.74) is 1.81. The molecule has 0 fully saturated rings. The summed E-state index contributed by atoms with van der Waals surface area (Å²) < 4.78 is 12.0. The minimum atomic E-state index is -0.289. The Morgan fingerprint density at radius 2 is 2.21 bits per heavy atom. The van der Waals surface area contributed by atoms with Gasteiger partial charge in [-0.3, -0.25) is 4.79 Å². The molecule has 0 aliphatic carbocycles. The molecule has 0 atom stereocenters. The second-order valence-electron chi connectivity index (χ2n) is 5.82. The number of carbonyl (C=O) groups excluding carboxylic acids is 1. The number of benzene rings is 1. The second-order valence-corrected chi connectivity index (χ2v) is 5.82. The first-order valence-corrected chi connectivity index (χ1v) is 8.76. The van der Waals surface area contributed by atoms with E-state index in [1.165, 1.54) is 11.0 Å². The molecule has 0 radical (unpaired) electrons. The van der Waals surface area contributed by atoms with Gasteiger partial charge in [-0.15, -0.1) is 5.10 Å². The summed E-state index contributed by atoms with van der Waals surface area (Å²) in [5, 5.41) is 17.6. The molecule has 3 aromatic heterocycles. The van der Waals surface area contributed by atoms with Crippen molar-refractivity contribution in [3.8, 4) is 23.0 Å². The van der Waals surface area contributed by atoms with Crippen molar-refractivity contribution in [3.63, 3.8) is 0 Å². The predicted octanol–water partition coefficient (Wildman–Crippen LogP) is 1.44. The average molecular weight is 392 g/mol. The summed E-state index contributed by atoms with van der Waals surface area (Å²) in [6.45, 7) is 2.51. The molecule has 3 heterocycles. The number of nitrogens with one attached hydrogen (secondary N) is 1. The largest absolute Gasteiger partial charge is 0.478 e. The lowest BCUT2D eigenvalue weighted by atomic mass is 10.2. The van der Waals surface area contributed by atoms with Gasteiger partial charge in [0.05, 0.1) is 18.8 Å². The van der Waals surface area contributed by atoms with E-state index >= 15 is 0 Å². The van der Waals surface area contributed by atoms with Gasteiger partial charge < -0.3 is 14.6 Å². The second kappa shape index (κ2) is 8.25. The van der Waals surface area contributed by atoms with Crippen LogP contribution in [0, 0.1) is 0 Å². The lowest BCUT2D eigenvalue weighted by molar-refractivity contribution is 0.0946. The molecule has 4 aromatic rings. The highest BCUT2D eigenvalue weighted by atomic mass is 16.5. The highest BCUT2D eigenvalue weighted by Gasteiger charge is 2.12. The molecule has 11 nitrogen and oxygen atoms in total. The molecule has 11 heteroatoms. The van der Waals surface area contributed by atoms with E-state index in [2.05, 4.69) is 36.0 Å². The van der Waals surface area contributed by atoms with E-state index in [1.54, 1.807) is 42.6 Å². The Balaban J connectivity index is 1.39. The molecule has 1 aromatic carbocycles. The zero-order valence-electron chi connectivity index (χ0n) is 15.4. The molecular formula is C18H16N8O3. The molecule has 1 N–H and O–H groups in total. The van der Waals surface area contributed by atoms with E-state index in [1.807, 2.05) is 6.92 Å². The van der Waals surface area contributed by atoms with Crippen LogP contribution in [0.4, 0.5) is 0 Å². The standard InChI is InChI=1S/C18H16N8O3/c1-2-28-15-7-6-13(9-19-15)17-22-16(29-23-17)10-20-18(27)12-4-3-5-14(8-12)26-11-21-24-25-26/h3-9,11H,2,10H2,1H3,(H,20,27). The molecule has 0 aliphatic rings. The molecule has 146 valence electrons. The number of rotatable bonds is 7. The fourth-order valence-corrected chi connectivity index (χ4v) is 2.52. The summed E-state index contributed by atoms with van der Waals surface area (Å²) in [4.78, 5) is 20.9. The van der Waals surface area contributed by atoms with Crippen LogP contribution < -0.4 is 10.1 Å². The molecular weight excluding hydrogens is 376 g/mol. The Bertz CT molecular complexity index is 1090. The van der Waals surface area contributed by atoms with Crippen LogP contribution in [0.25, 0.3) is 17.1 Å². The van der Waals surface area contributed by atoms with Gasteiger partial charge in [0.15, 0.2) is 0 Å². The fourth-order valence-electron chi connectivity index (χ4n) is 2.52. The molecule has 0 unspecified atom stereocenters. The molecule has 0 spiro atoms. The van der Waals surface area contributed by atoms with Gasteiger partial charge in [0, 0.05) is 23.4 Å². The number of nitrogens with zero attached hydrogens (tertiary/aromatic N) is 7. The van der Waals surface area contributed by atoms with Gasteiger partial charge in [-0.25, -0.2) is 9.67 Å². The smallest absolute Gasteiger partial charge is 0.251 e. The first-order valence-electron chi connectivity index (χ1n) is 8.76. The predicted molar refractivity (Wildman–Crippen MR) is 99.0 cm³/mol. The lowest BCUT2D eigenvalue weighted by Gasteiger charge is -2.04. The highest BCUT2D eigenvalue weighted by Crippen LogP contribution is 2.17. The van der Waals surface area contributed by atoms with Gasteiger partial charge in [0.1, 0.15) is 6.33 Å². The monoisotopic (exact) mass is 392 g/mol. The van der Waals surface area contributed by atoms with Crippen LogP contribution in [0.3, 0.4) is 0 Å². The first kappa shape index (κ1) is 18.2. The Morgan fingerprint density at radius 3 is 2.97 bits per heavy atom. The third-order valence-corrected chi connectivity index (χ3v) is 3.88. The first-order chi connectivity index (χ1) is 14.2. The minimum Gasteiger partial charge on any atom is -0.478 e. The van der Waals surface area contributed by atoms with Gasteiger partial charge in [-0.2, -0.15) is 4.98 Å². The van der Waals surface area contributed by atoms with Gasteiger partial charge in [0.25, 0.3) is 5.91 Å². The average Bonchev–Trinajstić information content (AvgIpc) is 3.45. The van der Waals surface area contributed by atoms with Crippen molar-refractivity contribution in [1.82, 2.24) is 40.6 Å². The number of aromatic nitrogens is 7. The maximum absolute atomic E-state index is 12.4. The van der Waals surface area contributed by atoms with E-state index < -0.39 is 0 Å². The Labute approximate surface area is 164 Å². The number of carbonyl (C=O) groups is 1. The maximum atomic E-state index is 12.4. The van der Waals surface area contributed by atoms with Gasteiger partial charge >= 0.3 is 0 Å². The molecule has 4 rings (SSSR count). The van der Waals surface area contributed by atoms with Crippen LogP contribution in [-0.2, 0) is 6.54 Å². The van der Waals surface area contributed by atoms with Gasteiger partial charge in [0.2, 0.25) is 17.6 Å². The van der Waals surface area contributed by atoms with Crippen LogP contribution >= 0.6 is 0 Å². The van der Waals surface area contributed by atoms with Crippen molar-refractivity contribution in [1.29, 1.82) is 0 Å². The summed E-state index contributed by atoms with van der Waals surface area (Å²) >= 11 is 0. The van der Waals surface area contributed by atoms with E-state index in [0.717, 1.165) is 0 Å². The quantitative estimate of drug-likeness (QED) is 0.496. The Morgan fingerprint density at radius 1 is 1.28 bits per heavy atom. The normalized spacial score (nSPS) is 10.7. The van der Waals surface area contributed by atoms with Crippen LogP contribution in [0.5, 0.6) is 5.88 Å². The Hall–Kier alpha value is -4.15. The third-order valence-electron chi connectivity index (χ3n) is 3.88. The van der Waals surface area contributed by atoms with E-state index in [4.69, 9.17) is 9.26 Å². The number of amides is 1. The van der Waals surface area contributed by atoms with E-state index in [-0.39, 0.29) is 18.3 Å². The number of ether oxygens (including phenoxy) is 1. The third kappa shape index (κ3) is 4.24. The molecule has 29 heavy (non-hydrogen) atoms. The number of tetrazole rings is 1. The van der Waals surface area contributed by atoms with Gasteiger partial charge in [-0.05, 0) is 41.6 Å². The Kier molecular flexibility index (Phi) is 5.18. The van der Waals surface area contributed by atoms with Crippen LogP contribution in [-0.4, -0.2) is 47.8 Å². The summed E-state index contributed by atoms with van der Waals surface area (Å²) in [6, 6.07) is 10.4. The topological polar surface area (TPSA) is 134 Å². The molecule has 0 bridgehead atoms. The highest BCUT2D eigenvalue weighted by molar-refractivity contribution is 5.94. The van der Waals surface area contributed by atoms with Crippen LogP contribution in [0.15, 0.2) is 53.4 Å². The lowest BCUT2D eigenvalue weighted by Crippen LogP contribution is -2.23. The van der Waals surface area contributed by atoms with Crippen molar-refractivity contribution in [2.75, 3.05) is 6.61 Å². The van der Waals surface area contributed by atoms with Crippen molar-refractivity contribution in [2.24, 2.45) is 0 Å². The van der Waals surface area contributed by atoms with Crippen LogP contribution in [0.1, 0.15) is 23.2 Å². The number of hydrogen-bond donors (Lipinski definition) is 1. The summed E-state index contributed by atoms with van der Waals surface area (Å²) in [6.07, 6.45) is 3.05. The van der Waals surface area contributed by atoms with Crippen LogP contribution in [0.2, 0.25) is 0 Å².